The van der Waals surface area contributed by atoms with Crippen LogP contribution in [0.5, 0.6) is 23.0 Å². The lowest BCUT2D eigenvalue weighted by Crippen LogP contribution is -2.32. The first-order chi connectivity index (χ1) is 57.4. The second-order valence-electron chi connectivity index (χ2n) is 30.0. The van der Waals surface area contributed by atoms with Gasteiger partial charge in [0.1, 0.15) is 35.1 Å². The lowest BCUT2D eigenvalue weighted by molar-refractivity contribution is 0.436. The van der Waals surface area contributed by atoms with Crippen LogP contribution in [0.1, 0.15) is 55.6 Å². The second-order valence-corrected chi connectivity index (χ2v) is 30.0. The Morgan fingerprint density at radius 3 is 0.845 bits per heavy atom. The van der Waals surface area contributed by atoms with Crippen molar-refractivity contribution in [3.63, 3.8) is 0 Å². The van der Waals surface area contributed by atoms with Gasteiger partial charge in [-0.1, -0.05) is 334 Å². The number of rotatable bonds is 11. The minimum atomic E-state index is -0.764. The predicted octanol–water partition coefficient (Wildman–Crippen LogP) is 26.3. The van der Waals surface area contributed by atoms with Gasteiger partial charge < -0.3 is 9.47 Å². The highest BCUT2D eigenvalue weighted by atomic mass is 16.5. The van der Waals surface area contributed by atoms with Gasteiger partial charge in [0.2, 0.25) is 0 Å². The molecule has 2 spiro atoms. The van der Waals surface area contributed by atoms with E-state index in [1.807, 2.05) is 48.5 Å². The Kier molecular flexibility index (Phi) is 15.7. The second kappa shape index (κ2) is 27.0. The first kappa shape index (κ1) is 67.2. The number of hydrogen-bond acceptors (Lipinski definition) is 8. The predicted molar refractivity (Wildman–Crippen MR) is 462 cm³/mol. The average molecular weight is 1480 g/mol. The zero-order valence-corrected chi connectivity index (χ0v) is 62.5. The summed E-state index contributed by atoms with van der Waals surface area (Å²) >= 11 is 0. The summed E-state index contributed by atoms with van der Waals surface area (Å²) in [7, 11) is 0. The number of nitriles is 2. The number of aromatic nitrogens is 4. The minimum absolute atomic E-state index is 0.473. The maximum absolute atomic E-state index is 10.8. The molecule has 0 N–H and O–H groups in total. The molecule has 0 unspecified atom stereocenters. The van der Waals surface area contributed by atoms with Crippen molar-refractivity contribution in [3.8, 4) is 181 Å². The van der Waals surface area contributed by atoms with Gasteiger partial charge in [0.15, 0.2) is 11.6 Å². The number of para-hydroxylation sites is 4. The van der Waals surface area contributed by atoms with Crippen molar-refractivity contribution in [1.82, 2.24) is 19.9 Å². The summed E-state index contributed by atoms with van der Waals surface area (Å²) in [6.45, 7) is 0. The lowest BCUT2D eigenvalue weighted by Gasteiger charge is -2.40. The molecule has 4 heterocycles. The van der Waals surface area contributed by atoms with Gasteiger partial charge in [-0.2, -0.15) is 10.5 Å². The summed E-state index contributed by atoms with van der Waals surface area (Å²) < 4.78 is 14.3. The molecule has 8 heteroatoms. The third-order valence-electron chi connectivity index (χ3n) is 23.7. The molecular weight excluding hydrogens is 1410 g/mol. The summed E-state index contributed by atoms with van der Waals surface area (Å²) in [5.74, 6) is 3.71. The Hall–Kier alpha value is -15.7. The van der Waals surface area contributed by atoms with Crippen LogP contribution in [0.2, 0.25) is 0 Å². The fourth-order valence-electron chi connectivity index (χ4n) is 18.6. The van der Waals surface area contributed by atoms with Gasteiger partial charge in [0, 0.05) is 66.8 Å². The Morgan fingerprint density at radius 2 is 0.440 bits per heavy atom. The van der Waals surface area contributed by atoms with Crippen LogP contribution in [0.3, 0.4) is 0 Å². The first-order valence-corrected chi connectivity index (χ1v) is 39.0. The zero-order valence-electron chi connectivity index (χ0n) is 62.5. The van der Waals surface area contributed by atoms with Crippen LogP contribution in [0, 0.1) is 22.7 Å². The monoisotopic (exact) mass is 1480 g/mol. The summed E-state index contributed by atoms with van der Waals surface area (Å²) in [5, 5.41) is 21.5. The van der Waals surface area contributed by atoms with Gasteiger partial charge in [-0.3, -0.25) is 0 Å². The van der Waals surface area contributed by atoms with E-state index in [0.29, 0.717) is 40.0 Å². The number of hydrogen-bond donors (Lipinski definition) is 0. The molecule has 538 valence electrons. The number of fused-ring (bicyclic) bond motifs is 18. The Morgan fingerprint density at radius 1 is 0.190 bits per heavy atom. The van der Waals surface area contributed by atoms with E-state index in [0.717, 1.165) is 173 Å². The van der Waals surface area contributed by atoms with E-state index in [2.05, 4.69) is 352 Å². The third-order valence-corrected chi connectivity index (χ3v) is 23.7. The molecule has 4 aliphatic rings. The van der Waals surface area contributed by atoms with E-state index in [1.54, 1.807) is 0 Å². The van der Waals surface area contributed by atoms with Crippen LogP contribution in [0.4, 0.5) is 0 Å². The van der Waals surface area contributed by atoms with Gasteiger partial charge in [-0.25, -0.2) is 19.9 Å². The van der Waals surface area contributed by atoms with E-state index >= 15 is 0 Å². The molecule has 22 rings (SSSR count). The largest absolute Gasteiger partial charge is 0.455 e. The topological polar surface area (TPSA) is 118 Å². The number of ether oxygens (including phenoxy) is 2. The lowest BCUT2D eigenvalue weighted by atomic mass is 9.65. The maximum atomic E-state index is 10.8. The molecule has 2 aromatic heterocycles. The molecule has 2 aliphatic heterocycles. The Bertz CT molecular complexity index is 7100. The summed E-state index contributed by atoms with van der Waals surface area (Å²) in [6, 6.07) is 141. The molecule has 18 aromatic rings. The summed E-state index contributed by atoms with van der Waals surface area (Å²) in [5.41, 5.74) is 31.2. The normalized spacial score (nSPS) is 12.9. The van der Waals surface area contributed by atoms with E-state index in [9.17, 15) is 10.5 Å². The van der Waals surface area contributed by atoms with E-state index in [1.165, 1.54) is 11.1 Å². The molecular formula is C108H64N6O2. The highest BCUT2D eigenvalue weighted by molar-refractivity contribution is 5.94. The molecule has 8 nitrogen and oxygen atoms in total. The van der Waals surface area contributed by atoms with Crippen molar-refractivity contribution >= 4 is 0 Å². The molecule has 0 saturated carbocycles. The van der Waals surface area contributed by atoms with Crippen LogP contribution in [0.15, 0.2) is 388 Å². The molecule has 116 heavy (non-hydrogen) atoms. The van der Waals surface area contributed by atoms with E-state index in [-0.39, 0.29) is 0 Å². The van der Waals surface area contributed by atoms with Crippen LogP contribution in [0.25, 0.3) is 146 Å². The quantitative estimate of drug-likeness (QED) is 0.126. The van der Waals surface area contributed by atoms with Gasteiger partial charge in [-0.05, 0) is 144 Å². The Balaban J connectivity index is 0.621. The first-order valence-electron chi connectivity index (χ1n) is 39.0. The summed E-state index contributed by atoms with van der Waals surface area (Å²) in [6.07, 6.45) is 0. The summed E-state index contributed by atoms with van der Waals surface area (Å²) in [4.78, 5) is 21.8. The molecule has 0 fully saturated rings. The SMILES string of the molecule is N#Cc1cccc2c1Oc1c(-c3cccc(-c4cccc(-c5nc(-c6ccccc6)cc(-c6cccc(-c7cccc(-c8cc(-c9ccc(-c%10ccccc%10)cc9)nc(-c9cccc(-c%10cccc%11c%10Oc%10c(C#N)cccc%10C%11%10c%11ccccc%11-c%11ccccc%11%10)c9)n8)c7)c6)n5)c4)c3)cccc1C21c2ccccc2-c2ccccc21. The Labute approximate surface area is 671 Å². The van der Waals surface area contributed by atoms with Crippen molar-refractivity contribution in [1.29, 1.82) is 10.5 Å². The molecule has 0 atom stereocenters. The average Bonchev–Trinajstić information content (AvgIpc) is 1.49. The van der Waals surface area contributed by atoms with Gasteiger partial charge in [0.05, 0.1) is 44.7 Å². The van der Waals surface area contributed by atoms with Gasteiger partial charge in [-0.15, -0.1) is 0 Å². The highest BCUT2D eigenvalue weighted by Crippen LogP contribution is 2.66. The molecule has 2 aliphatic carbocycles. The fraction of sp³-hybridized carbons (Fsp3) is 0.0185. The molecule has 0 radical (unpaired) electrons. The van der Waals surface area contributed by atoms with Crippen molar-refractivity contribution in [2.75, 3.05) is 0 Å². The highest BCUT2D eigenvalue weighted by Gasteiger charge is 2.54. The van der Waals surface area contributed by atoms with E-state index < -0.39 is 10.8 Å². The minimum Gasteiger partial charge on any atom is -0.455 e. The van der Waals surface area contributed by atoms with Crippen molar-refractivity contribution in [3.05, 3.63) is 444 Å². The van der Waals surface area contributed by atoms with Crippen molar-refractivity contribution in [2.45, 2.75) is 10.8 Å². The molecule has 16 aromatic carbocycles. The van der Waals surface area contributed by atoms with Crippen molar-refractivity contribution in [2.24, 2.45) is 0 Å². The van der Waals surface area contributed by atoms with Gasteiger partial charge >= 0.3 is 0 Å². The van der Waals surface area contributed by atoms with E-state index in [4.69, 9.17) is 29.4 Å². The zero-order chi connectivity index (χ0) is 77.0. The van der Waals surface area contributed by atoms with Crippen LogP contribution < -0.4 is 9.47 Å². The smallest absolute Gasteiger partial charge is 0.160 e. The maximum Gasteiger partial charge on any atom is 0.160 e. The van der Waals surface area contributed by atoms with Crippen LogP contribution in [-0.2, 0) is 10.8 Å². The van der Waals surface area contributed by atoms with Crippen LogP contribution >= 0.6 is 0 Å². The molecule has 0 saturated heterocycles. The van der Waals surface area contributed by atoms with Crippen molar-refractivity contribution < 1.29 is 9.47 Å². The number of benzene rings is 16. The standard InChI is InChI=1S/C108H64N6O2/c109-65-81-38-20-50-93-101(81)115-103-83(44-22-52-95(103)107(93)89-46-11-7-40-85(89)86-41-8-12-47-90(86)107)75-32-15-28-71(58-75)74-31-18-36-79(61-74)105-111-97(69-26-5-2-6-27-69)63-99(113-105)77-34-16-29-72(59-77)73-30-17-35-78(60-73)100-64-98(70-56-54-68(55-57-70)67-24-3-1-4-25-67)112-106(114-100)80-37-19-33-76(62-80)84-45-23-53-96-104(84)116-102-82(66-110)39-21-51-94(102)108(96)91-48-13-9-42-87(91)88-43-10-14-49-92(88)108/h1-64H. The van der Waals surface area contributed by atoms with Crippen LogP contribution in [-0.4, -0.2) is 19.9 Å². The third kappa shape index (κ3) is 10.6. The molecule has 0 bridgehead atoms. The van der Waals surface area contributed by atoms with Gasteiger partial charge in [0.25, 0.3) is 0 Å². The molecule has 0 amide bonds. The number of nitrogens with zero attached hydrogens (tertiary/aromatic N) is 6. The fourth-order valence-corrected chi connectivity index (χ4v) is 18.6.